The third-order valence-corrected chi connectivity index (χ3v) is 9.21. The van der Waals surface area contributed by atoms with Gasteiger partial charge >= 0.3 is 0 Å². The van der Waals surface area contributed by atoms with Crippen molar-refractivity contribution in [1.82, 2.24) is 14.5 Å². The van der Waals surface area contributed by atoms with Crippen LogP contribution in [0.4, 0.5) is 0 Å². The highest BCUT2D eigenvalue weighted by Crippen LogP contribution is 2.40. The Hall–Kier alpha value is -5.32. The summed E-state index contributed by atoms with van der Waals surface area (Å²) in [4.78, 5) is 9.94. The predicted molar refractivity (Wildman–Crippen MR) is 184 cm³/mol. The molecule has 3 aromatic heterocycles. The zero-order valence-corrected chi connectivity index (χ0v) is 24.2. The minimum atomic E-state index is -0.103. The highest BCUT2D eigenvalue weighted by molar-refractivity contribution is 7.25. The van der Waals surface area contributed by atoms with Crippen LogP contribution < -0.4 is 0 Å². The highest BCUT2D eigenvalue weighted by atomic mass is 32.1. The molecule has 0 aliphatic heterocycles. The predicted octanol–water partition coefficient (Wildman–Crippen LogP) is 10.7. The van der Waals surface area contributed by atoms with E-state index >= 15 is 0 Å². The van der Waals surface area contributed by atoms with E-state index in [4.69, 9.17) is 9.97 Å². The molecule has 204 valence electrons. The number of nitrogens with zero attached hydrogens (tertiary/aromatic N) is 3. The molecule has 0 amide bonds. The van der Waals surface area contributed by atoms with Crippen LogP contribution in [0.25, 0.3) is 70.6 Å². The van der Waals surface area contributed by atoms with Crippen LogP contribution in [-0.4, -0.2) is 14.5 Å². The molecular formula is C39H27N3S. The molecular weight excluding hydrogens is 543 g/mol. The van der Waals surface area contributed by atoms with Crippen molar-refractivity contribution < 1.29 is 0 Å². The van der Waals surface area contributed by atoms with Gasteiger partial charge in [0.05, 0.1) is 22.9 Å². The molecule has 0 spiro atoms. The summed E-state index contributed by atoms with van der Waals surface area (Å²) >= 11 is 1.86. The third-order valence-electron chi connectivity index (χ3n) is 8.07. The molecule has 3 nitrogen and oxygen atoms in total. The van der Waals surface area contributed by atoms with E-state index in [1.807, 2.05) is 59.9 Å². The standard InChI is InChI=1S/C39H27N3S/c1-2-28(21-22-39-40-33(26-13-5-3-6-14-26)25-34(41-39)27-15-7-4-8-16-27)42-35-19-11-9-17-29(35)31-24-38-32(23-36(31)42)30-18-10-12-20-37(30)43-38/h2-25,28H,1H2/b22-21+. The van der Waals surface area contributed by atoms with Crippen molar-refractivity contribution in [2.24, 2.45) is 0 Å². The summed E-state index contributed by atoms with van der Waals surface area (Å²) in [6.45, 7) is 4.26. The molecule has 3 heterocycles. The molecule has 0 fully saturated rings. The lowest BCUT2D eigenvalue weighted by Gasteiger charge is -2.14. The maximum Gasteiger partial charge on any atom is 0.152 e. The van der Waals surface area contributed by atoms with E-state index in [1.54, 1.807) is 0 Å². The number of thiophene rings is 1. The molecule has 0 aliphatic rings. The van der Waals surface area contributed by atoms with Crippen LogP contribution in [0.3, 0.4) is 0 Å². The van der Waals surface area contributed by atoms with Crippen LogP contribution in [0.15, 0.2) is 146 Å². The lowest BCUT2D eigenvalue weighted by molar-refractivity contribution is 0.786. The Morgan fingerprint density at radius 3 is 1.91 bits per heavy atom. The molecule has 4 heteroatoms. The van der Waals surface area contributed by atoms with E-state index < -0.39 is 0 Å². The van der Waals surface area contributed by atoms with Gasteiger partial charge in [-0.25, -0.2) is 9.97 Å². The number of benzene rings is 5. The molecule has 0 radical (unpaired) electrons. The summed E-state index contributed by atoms with van der Waals surface area (Å²) < 4.78 is 5.01. The van der Waals surface area contributed by atoms with Crippen molar-refractivity contribution in [3.05, 3.63) is 152 Å². The Labute approximate surface area is 253 Å². The zero-order valence-electron chi connectivity index (χ0n) is 23.4. The Bertz CT molecular complexity index is 2250. The molecule has 0 saturated carbocycles. The van der Waals surface area contributed by atoms with Crippen LogP contribution in [-0.2, 0) is 0 Å². The Morgan fingerprint density at radius 2 is 1.21 bits per heavy atom. The number of fused-ring (bicyclic) bond motifs is 6. The fourth-order valence-corrected chi connectivity index (χ4v) is 7.17. The first kappa shape index (κ1) is 25.4. The van der Waals surface area contributed by atoms with Crippen molar-refractivity contribution in [1.29, 1.82) is 0 Å². The molecule has 0 N–H and O–H groups in total. The number of allylic oxidation sites excluding steroid dienone is 2. The molecule has 43 heavy (non-hydrogen) atoms. The van der Waals surface area contributed by atoms with Crippen LogP contribution in [0, 0.1) is 0 Å². The first-order valence-corrected chi connectivity index (χ1v) is 15.2. The van der Waals surface area contributed by atoms with Gasteiger partial charge in [0.1, 0.15) is 0 Å². The van der Waals surface area contributed by atoms with Gasteiger partial charge in [-0.15, -0.1) is 17.9 Å². The summed E-state index contributed by atoms with van der Waals surface area (Å²) in [7, 11) is 0. The topological polar surface area (TPSA) is 30.7 Å². The first-order valence-electron chi connectivity index (χ1n) is 14.4. The average Bonchev–Trinajstić information content (AvgIpc) is 3.60. The average molecular weight is 570 g/mol. The molecule has 8 aromatic rings. The summed E-state index contributed by atoms with van der Waals surface area (Å²) in [5, 5.41) is 5.08. The minimum absolute atomic E-state index is 0.103. The second kappa shape index (κ2) is 10.5. The third kappa shape index (κ3) is 4.44. The van der Waals surface area contributed by atoms with Gasteiger partial charge < -0.3 is 4.57 Å². The zero-order chi connectivity index (χ0) is 28.8. The number of rotatable bonds is 6. The van der Waals surface area contributed by atoms with Gasteiger partial charge in [-0.05, 0) is 36.4 Å². The van der Waals surface area contributed by atoms with Gasteiger partial charge in [0.15, 0.2) is 5.82 Å². The van der Waals surface area contributed by atoms with Gasteiger partial charge in [0.25, 0.3) is 0 Å². The van der Waals surface area contributed by atoms with Crippen LogP contribution in [0.1, 0.15) is 11.9 Å². The van der Waals surface area contributed by atoms with Crippen molar-refractivity contribution in [3.63, 3.8) is 0 Å². The summed E-state index contributed by atoms with van der Waals surface area (Å²) in [5.41, 5.74) is 6.28. The van der Waals surface area contributed by atoms with E-state index in [1.165, 1.54) is 42.0 Å². The van der Waals surface area contributed by atoms with Crippen LogP contribution >= 0.6 is 11.3 Å². The molecule has 0 aliphatic carbocycles. The molecule has 1 unspecified atom stereocenters. The Kier molecular flexibility index (Phi) is 6.20. The van der Waals surface area contributed by atoms with Crippen molar-refractivity contribution >= 4 is 59.4 Å². The van der Waals surface area contributed by atoms with Crippen LogP contribution in [0.5, 0.6) is 0 Å². The largest absolute Gasteiger partial charge is 0.330 e. The van der Waals surface area contributed by atoms with Gasteiger partial charge in [-0.2, -0.15) is 0 Å². The maximum absolute atomic E-state index is 4.97. The minimum Gasteiger partial charge on any atom is -0.330 e. The van der Waals surface area contributed by atoms with Gasteiger partial charge in [0.2, 0.25) is 0 Å². The monoisotopic (exact) mass is 569 g/mol. The maximum atomic E-state index is 4.97. The number of hydrogen-bond acceptors (Lipinski definition) is 3. The number of para-hydroxylation sites is 1. The molecule has 5 aromatic carbocycles. The van der Waals surface area contributed by atoms with E-state index in [0.717, 1.165) is 22.5 Å². The quantitative estimate of drug-likeness (QED) is 0.187. The SMILES string of the molecule is C=CC(/C=C/c1nc(-c2ccccc2)cc(-c2ccccc2)n1)n1c2ccccc2c2cc3sc4ccccc4c3cc21. The van der Waals surface area contributed by atoms with Crippen LogP contribution in [0.2, 0.25) is 0 Å². The number of hydrogen-bond donors (Lipinski definition) is 0. The highest BCUT2D eigenvalue weighted by Gasteiger charge is 2.17. The second-order valence-electron chi connectivity index (χ2n) is 10.7. The summed E-state index contributed by atoms with van der Waals surface area (Å²) in [6.07, 6.45) is 6.19. The summed E-state index contributed by atoms with van der Waals surface area (Å²) in [6, 6.07) is 44.5. The van der Waals surface area contributed by atoms with Gasteiger partial charge in [-0.3, -0.25) is 0 Å². The van der Waals surface area contributed by atoms with Crippen molar-refractivity contribution in [2.75, 3.05) is 0 Å². The van der Waals surface area contributed by atoms with E-state index in [9.17, 15) is 0 Å². The lowest BCUT2D eigenvalue weighted by Crippen LogP contribution is -2.03. The van der Waals surface area contributed by atoms with E-state index in [0.29, 0.717) is 5.82 Å². The van der Waals surface area contributed by atoms with Gasteiger partial charge in [0, 0.05) is 47.6 Å². The van der Waals surface area contributed by atoms with Crippen molar-refractivity contribution in [3.8, 4) is 22.5 Å². The molecule has 8 rings (SSSR count). The first-order chi connectivity index (χ1) is 21.3. The Morgan fingerprint density at radius 1 is 0.581 bits per heavy atom. The van der Waals surface area contributed by atoms with E-state index in [2.05, 4.69) is 108 Å². The van der Waals surface area contributed by atoms with Gasteiger partial charge in [-0.1, -0.05) is 109 Å². The smallest absolute Gasteiger partial charge is 0.152 e. The lowest BCUT2D eigenvalue weighted by atomic mass is 10.1. The molecule has 0 bridgehead atoms. The fraction of sp³-hybridized carbons (Fsp3) is 0.0256. The van der Waals surface area contributed by atoms with Crippen molar-refractivity contribution in [2.45, 2.75) is 6.04 Å². The Balaban J connectivity index is 1.29. The second-order valence-corrected chi connectivity index (χ2v) is 11.7. The molecule has 1 atom stereocenters. The molecule has 0 saturated heterocycles. The van der Waals surface area contributed by atoms with E-state index in [-0.39, 0.29) is 6.04 Å². The normalized spacial score (nSPS) is 12.6. The fourth-order valence-electron chi connectivity index (χ4n) is 6.05. The number of aromatic nitrogens is 3. The summed E-state index contributed by atoms with van der Waals surface area (Å²) in [5.74, 6) is 0.666.